The van der Waals surface area contributed by atoms with Crippen LogP contribution >= 0.6 is 0 Å². The lowest BCUT2D eigenvalue weighted by atomic mass is 10.1. The van der Waals surface area contributed by atoms with Crippen LogP contribution in [0.3, 0.4) is 0 Å². The molecule has 0 radical (unpaired) electrons. The van der Waals surface area contributed by atoms with Gasteiger partial charge in [-0.2, -0.15) is 0 Å². The van der Waals surface area contributed by atoms with Crippen LogP contribution < -0.4 is 5.73 Å². The Bertz CT molecular complexity index is 150. The molecular weight excluding hydrogens is 154 g/mol. The second kappa shape index (κ2) is 3.89. The molecule has 0 spiro atoms. The number of hydrogen-bond acceptors (Lipinski definition) is 4. The maximum absolute atomic E-state index is 10.0. The predicted octanol–water partition coefficient (Wildman–Crippen LogP) is -1.77. The van der Waals surface area contributed by atoms with Gasteiger partial charge in [-0.15, -0.1) is 0 Å². The van der Waals surface area contributed by atoms with Crippen LogP contribution in [0.1, 0.15) is 6.42 Å². The van der Waals surface area contributed by atoms with E-state index in [0.29, 0.717) is 0 Å². The van der Waals surface area contributed by atoms with Crippen molar-refractivity contribution in [2.75, 3.05) is 0 Å². The monoisotopic (exact) mass is 163 g/mol. The molecule has 0 fully saturated rings. The number of nitrogens with two attached hydrogens (primary N) is 1. The lowest BCUT2D eigenvalue weighted by molar-refractivity contribution is -0.148. The Labute approximate surface area is 62.2 Å². The molecule has 0 heterocycles. The van der Waals surface area contributed by atoms with E-state index in [1.54, 1.807) is 0 Å². The summed E-state index contributed by atoms with van der Waals surface area (Å²) in [6.45, 7) is 0. The molecule has 64 valence electrons. The van der Waals surface area contributed by atoms with Gasteiger partial charge < -0.3 is 21.1 Å². The molecule has 0 aromatic rings. The van der Waals surface area contributed by atoms with Crippen molar-refractivity contribution in [2.24, 2.45) is 5.73 Å². The summed E-state index contributed by atoms with van der Waals surface area (Å²) in [6, 6.07) is -1.33. The van der Waals surface area contributed by atoms with Crippen LogP contribution in [-0.2, 0) is 9.59 Å². The van der Waals surface area contributed by atoms with Gasteiger partial charge in [0.25, 0.3) is 0 Å². The fraction of sp³-hybridized carbons (Fsp3) is 0.600. The maximum Gasteiger partial charge on any atom is 0.332 e. The third-order valence-electron chi connectivity index (χ3n) is 1.08. The molecule has 2 atom stereocenters. The lowest BCUT2D eigenvalue weighted by Gasteiger charge is -2.07. The van der Waals surface area contributed by atoms with E-state index in [-0.39, 0.29) is 0 Å². The minimum absolute atomic E-state index is 0.481. The van der Waals surface area contributed by atoms with Crippen molar-refractivity contribution in [3.63, 3.8) is 0 Å². The summed E-state index contributed by atoms with van der Waals surface area (Å²) in [6.07, 6.45) is -2.19. The van der Waals surface area contributed by atoms with Gasteiger partial charge in [-0.3, -0.25) is 4.79 Å². The molecule has 0 aliphatic carbocycles. The van der Waals surface area contributed by atoms with Crippen LogP contribution in [0.2, 0.25) is 0 Å². The van der Waals surface area contributed by atoms with Crippen LogP contribution in [0, 0.1) is 0 Å². The van der Waals surface area contributed by atoms with Crippen LogP contribution in [0.4, 0.5) is 0 Å². The Balaban J connectivity index is 3.84. The number of carbonyl (C=O) groups is 2. The minimum atomic E-state index is -1.71. The van der Waals surface area contributed by atoms with E-state index in [2.05, 4.69) is 0 Å². The molecule has 0 bridgehead atoms. The zero-order valence-electron chi connectivity index (χ0n) is 5.60. The molecule has 5 N–H and O–H groups in total. The first kappa shape index (κ1) is 9.86. The smallest absolute Gasteiger partial charge is 0.332 e. The first-order chi connectivity index (χ1) is 4.95. The zero-order chi connectivity index (χ0) is 9.02. The Morgan fingerprint density at radius 1 is 1.27 bits per heavy atom. The molecule has 1 unspecified atom stereocenters. The van der Waals surface area contributed by atoms with E-state index in [1.165, 1.54) is 0 Å². The summed E-state index contributed by atoms with van der Waals surface area (Å²) < 4.78 is 0. The first-order valence-electron chi connectivity index (χ1n) is 2.84. The highest BCUT2D eigenvalue weighted by molar-refractivity contribution is 5.76. The third kappa shape index (κ3) is 3.54. The van der Waals surface area contributed by atoms with E-state index in [4.69, 9.17) is 21.1 Å². The Hall–Kier alpha value is -1.14. The molecule has 0 aromatic carbocycles. The van der Waals surface area contributed by atoms with Crippen molar-refractivity contribution in [1.82, 2.24) is 0 Å². The lowest BCUT2D eigenvalue weighted by Crippen LogP contribution is -2.36. The van der Waals surface area contributed by atoms with Gasteiger partial charge in [-0.1, -0.05) is 0 Å². The van der Waals surface area contributed by atoms with Gasteiger partial charge in [0.2, 0.25) is 0 Å². The van der Waals surface area contributed by atoms with Gasteiger partial charge in [0.05, 0.1) is 0 Å². The van der Waals surface area contributed by atoms with Crippen molar-refractivity contribution in [3.05, 3.63) is 0 Å². The quantitative estimate of drug-likeness (QED) is 0.389. The standard InChI is InChI=1S/C5H9NO5/c6-2(4(8)9)1-3(7)5(10)11/h2-3,7H,1,6H2,(H,8,9)(H,10,11)/t2?,3-/m1/s1. The number of aliphatic hydroxyl groups is 1. The van der Waals surface area contributed by atoms with Gasteiger partial charge in [0.15, 0.2) is 6.10 Å². The number of carboxylic acid groups (broad SMARTS) is 2. The second-order valence-corrected chi connectivity index (χ2v) is 2.03. The minimum Gasteiger partial charge on any atom is -0.480 e. The average molecular weight is 163 g/mol. The van der Waals surface area contributed by atoms with Gasteiger partial charge in [-0.25, -0.2) is 4.79 Å². The fourth-order valence-electron chi connectivity index (χ4n) is 0.442. The van der Waals surface area contributed by atoms with Crippen LogP contribution in [0.15, 0.2) is 0 Å². The molecule has 0 aromatic heterocycles. The fourth-order valence-corrected chi connectivity index (χ4v) is 0.442. The van der Waals surface area contributed by atoms with E-state index in [1.807, 2.05) is 0 Å². The topological polar surface area (TPSA) is 121 Å². The van der Waals surface area contributed by atoms with Crippen molar-refractivity contribution in [1.29, 1.82) is 0 Å². The van der Waals surface area contributed by atoms with E-state index < -0.39 is 30.5 Å². The predicted molar refractivity (Wildman–Crippen MR) is 33.9 cm³/mol. The molecule has 6 nitrogen and oxygen atoms in total. The van der Waals surface area contributed by atoms with Gasteiger partial charge in [-0.05, 0) is 0 Å². The summed E-state index contributed by atoms with van der Waals surface area (Å²) in [5, 5.41) is 24.9. The first-order valence-corrected chi connectivity index (χ1v) is 2.84. The Kier molecular flexibility index (Phi) is 3.49. The number of aliphatic carboxylic acids is 2. The van der Waals surface area contributed by atoms with Crippen LogP contribution in [-0.4, -0.2) is 39.4 Å². The number of aliphatic hydroxyl groups excluding tert-OH is 1. The molecule has 11 heavy (non-hydrogen) atoms. The molecule has 0 saturated heterocycles. The molecule has 0 amide bonds. The second-order valence-electron chi connectivity index (χ2n) is 2.03. The maximum atomic E-state index is 10.0. The van der Waals surface area contributed by atoms with E-state index in [9.17, 15) is 9.59 Å². The number of hydrogen-bond donors (Lipinski definition) is 4. The summed E-state index contributed by atoms with van der Waals surface area (Å²) >= 11 is 0. The summed E-state index contributed by atoms with van der Waals surface area (Å²) in [4.78, 5) is 20.0. The van der Waals surface area contributed by atoms with E-state index >= 15 is 0 Å². The third-order valence-corrected chi connectivity index (χ3v) is 1.08. The Morgan fingerprint density at radius 3 is 2.00 bits per heavy atom. The van der Waals surface area contributed by atoms with Crippen LogP contribution in [0.5, 0.6) is 0 Å². The largest absolute Gasteiger partial charge is 0.480 e. The highest BCUT2D eigenvalue weighted by Crippen LogP contribution is 1.95. The number of carboxylic acids is 2. The molecular formula is C5H9NO5. The molecule has 0 aliphatic heterocycles. The van der Waals surface area contributed by atoms with Gasteiger partial charge in [0.1, 0.15) is 6.04 Å². The van der Waals surface area contributed by atoms with Crippen molar-refractivity contribution < 1.29 is 24.9 Å². The molecule has 0 rings (SSSR count). The number of rotatable bonds is 4. The highest BCUT2D eigenvalue weighted by Gasteiger charge is 2.21. The average Bonchev–Trinajstić information content (AvgIpc) is 1.87. The normalized spacial score (nSPS) is 15.5. The van der Waals surface area contributed by atoms with Gasteiger partial charge >= 0.3 is 11.9 Å². The summed E-state index contributed by atoms with van der Waals surface area (Å²) in [5.41, 5.74) is 4.93. The molecule has 0 saturated carbocycles. The van der Waals surface area contributed by atoms with Crippen molar-refractivity contribution in [3.8, 4) is 0 Å². The zero-order valence-corrected chi connectivity index (χ0v) is 5.60. The highest BCUT2D eigenvalue weighted by atomic mass is 16.4. The SMILES string of the molecule is NC(C[C@@H](O)C(=O)O)C(=O)O. The summed E-state index contributed by atoms with van der Waals surface area (Å²) in [7, 11) is 0. The molecule has 0 aliphatic rings. The van der Waals surface area contributed by atoms with Crippen molar-refractivity contribution in [2.45, 2.75) is 18.6 Å². The van der Waals surface area contributed by atoms with Gasteiger partial charge in [0, 0.05) is 6.42 Å². The van der Waals surface area contributed by atoms with Crippen LogP contribution in [0.25, 0.3) is 0 Å². The van der Waals surface area contributed by atoms with Crippen molar-refractivity contribution >= 4 is 11.9 Å². The summed E-state index contributed by atoms with van der Waals surface area (Å²) in [5.74, 6) is -2.80. The van der Waals surface area contributed by atoms with E-state index in [0.717, 1.165) is 0 Å². The molecule has 6 heteroatoms. The Morgan fingerprint density at radius 2 is 1.73 bits per heavy atom.